The minimum atomic E-state index is 0.275. The van der Waals surface area contributed by atoms with Gasteiger partial charge in [-0.25, -0.2) is 0 Å². The molecule has 1 aliphatic rings. The highest BCUT2D eigenvalue weighted by molar-refractivity contribution is 5.76. The van der Waals surface area contributed by atoms with E-state index in [0.29, 0.717) is 18.5 Å². The van der Waals surface area contributed by atoms with Gasteiger partial charge in [0.2, 0.25) is 5.91 Å². The average molecular weight is 212 g/mol. The molecule has 3 heteroatoms. The molecular formula is C12H24N2O. The van der Waals surface area contributed by atoms with Crippen LogP contribution in [0.15, 0.2) is 0 Å². The Morgan fingerprint density at radius 1 is 1.40 bits per heavy atom. The lowest BCUT2D eigenvalue weighted by atomic mass is 10.1. The zero-order chi connectivity index (χ0) is 11.3. The molecule has 0 aromatic rings. The topological polar surface area (TPSA) is 32.3 Å². The molecule has 1 fully saturated rings. The van der Waals surface area contributed by atoms with Crippen LogP contribution in [0.3, 0.4) is 0 Å². The molecule has 3 nitrogen and oxygen atoms in total. The number of hydrogen-bond donors (Lipinski definition) is 1. The zero-order valence-corrected chi connectivity index (χ0v) is 10.3. The summed E-state index contributed by atoms with van der Waals surface area (Å²) in [5.74, 6) is 0.275. The summed E-state index contributed by atoms with van der Waals surface area (Å²) in [6, 6.07) is 1.12. The van der Waals surface area contributed by atoms with Crippen LogP contribution in [-0.2, 0) is 4.79 Å². The van der Waals surface area contributed by atoms with E-state index in [4.69, 9.17) is 0 Å². The first-order chi connectivity index (χ1) is 7.19. The summed E-state index contributed by atoms with van der Waals surface area (Å²) >= 11 is 0. The van der Waals surface area contributed by atoms with Crippen molar-refractivity contribution in [3.63, 3.8) is 0 Å². The number of carbonyl (C=O) groups excluding carboxylic acids is 1. The molecule has 15 heavy (non-hydrogen) atoms. The second kappa shape index (κ2) is 6.11. The Kier molecular flexibility index (Phi) is 5.09. The molecule has 1 saturated carbocycles. The number of amides is 1. The molecule has 0 unspecified atom stereocenters. The SMILES string of the molecule is CCC(CC)N(C)C(=O)CCNC1CC1. The highest BCUT2D eigenvalue weighted by Gasteiger charge is 2.21. The second-order valence-corrected chi connectivity index (χ2v) is 4.45. The van der Waals surface area contributed by atoms with Gasteiger partial charge in [0.1, 0.15) is 0 Å². The van der Waals surface area contributed by atoms with E-state index in [1.165, 1.54) is 12.8 Å². The Labute approximate surface area is 93.2 Å². The molecular weight excluding hydrogens is 188 g/mol. The van der Waals surface area contributed by atoms with Crippen LogP contribution in [0.5, 0.6) is 0 Å². The maximum Gasteiger partial charge on any atom is 0.223 e. The molecule has 0 aromatic carbocycles. The molecule has 0 spiro atoms. The Morgan fingerprint density at radius 2 is 2.00 bits per heavy atom. The first-order valence-electron chi connectivity index (χ1n) is 6.18. The fourth-order valence-electron chi connectivity index (χ4n) is 1.89. The van der Waals surface area contributed by atoms with E-state index in [1.807, 2.05) is 11.9 Å². The molecule has 1 amide bonds. The van der Waals surface area contributed by atoms with Gasteiger partial charge in [-0.2, -0.15) is 0 Å². The van der Waals surface area contributed by atoms with Crippen LogP contribution in [0.2, 0.25) is 0 Å². The quantitative estimate of drug-likeness (QED) is 0.697. The fraction of sp³-hybridized carbons (Fsp3) is 0.917. The van der Waals surface area contributed by atoms with Gasteiger partial charge in [-0.3, -0.25) is 4.79 Å². The molecule has 0 heterocycles. The van der Waals surface area contributed by atoms with E-state index in [-0.39, 0.29) is 5.91 Å². The smallest absolute Gasteiger partial charge is 0.223 e. The van der Waals surface area contributed by atoms with Crippen molar-refractivity contribution in [2.45, 2.75) is 58.0 Å². The van der Waals surface area contributed by atoms with Gasteiger partial charge in [-0.05, 0) is 25.7 Å². The zero-order valence-electron chi connectivity index (χ0n) is 10.3. The number of rotatable bonds is 7. The van der Waals surface area contributed by atoms with Gasteiger partial charge in [-0.15, -0.1) is 0 Å². The van der Waals surface area contributed by atoms with Crippen LogP contribution in [0.4, 0.5) is 0 Å². The summed E-state index contributed by atoms with van der Waals surface area (Å²) in [6.45, 7) is 5.12. The van der Waals surface area contributed by atoms with E-state index in [0.717, 1.165) is 19.4 Å². The van der Waals surface area contributed by atoms with Crippen molar-refractivity contribution >= 4 is 5.91 Å². The summed E-state index contributed by atoms with van der Waals surface area (Å²) in [4.78, 5) is 13.7. The molecule has 88 valence electrons. The van der Waals surface area contributed by atoms with E-state index < -0.39 is 0 Å². The van der Waals surface area contributed by atoms with E-state index >= 15 is 0 Å². The van der Waals surface area contributed by atoms with Crippen LogP contribution in [0.1, 0.15) is 46.0 Å². The lowest BCUT2D eigenvalue weighted by molar-refractivity contribution is -0.132. The summed E-state index contributed by atoms with van der Waals surface area (Å²) in [7, 11) is 1.93. The highest BCUT2D eigenvalue weighted by atomic mass is 16.2. The van der Waals surface area contributed by atoms with Crippen molar-refractivity contribution in [1.82, 2.24) is 10.2 Å². The molecule has 1 aliphatic carbocycles. The summed E-state index contributed by atoms with van der Waals surface area (Å²) < 4.78 is 0. The molecule has 1 N–H and O–H groups in total. The first-order valence-corrected chi connectivity index (χ1v) is 6.18. The summed E-state index contributed by atoms with van der Waals surface area (Å²) in [5, 5.41) is 3.37. The predicted octanol–water partition coefficient (Wildman–Crippen LogP) is 1.78. The van der Waals surface area contributed by atoms with Gasteiger partial charge in [-0.1, -0.05) is 13.8 Å². The van der Waals surface area contributed by atoms with Gasteiger partial charge in [0, 0.05) is 32.1 Å². The average Bonchev–Trinajstić information content (AvgIpc) is 3.03. The number of hydrogen-bond acceptors (Lipinski definition) is 2. The lowest BCUT2D eigenvalue weighted by Crippen LogP contribution is -2.37. The maximum absolute atomic E-state index is 11.8. The minimum Gasteiger partial charge on any atom is -0.343 e. The summed E-state index contributed by atoms with van der Waals surface area (Å²) in [5.41, 5.74) is 0. The standard InChI is InChI=1S/C12H24N2O/c1-4-11(5-2)14(3)12(15)8-9-13-10-6-7-10/h10-11,13H,4-9H2,1-3H3. The van der Waals surface area contributed by atoms with Crippen molar-refractivity contribution in [2.75, 3.05) is 13.6 Å². The Hall–Kier alpha value is -0.570. The second-order valence-electron chi connectivity index (χ2n) is 4.45. The van der Waals surface area contributed by atoms with Crippen LogP contribution in [0.25, 0.3) is 0 Å². The van der Waals surface area contributed by atoms with Crippen molar-refractivity contribution in [3.8, 4) is 0 Å². The molecule has 0 aromatic heterocycles. The van der Waals surface area contributed by atoms with E-state index in [2.05, 4.69) is 19.2 Å². The monoisotopic (exact) mass is 212 g/mol. The number of nitrogens with one attached hydrogen (secondary N) is 1. The maximum atomic E-state index is 11.8. The molecule has 0 radical (unpaired) electrons. The normalized spacial score (nSPS) is 15.7. The highest BCUT2D eigenvalue weighted by Crippen LogP contribution is 2.18. The van der Waals surface area contributed by atoms with Crippen molar-refractivity contribution in [1.29, 1.82) is 0 Å². The third-order valence-corrected chi connectivity index (χ3v) is 3.23. The first kappa shape index (κ1) is 12.5. The fourth-order valence-corrected chi connectivity index (χ4v) is 1.89. The number of nitrogens with zero attached hydrogens (tertiary/aromatic N) is 1. The molecule has 1 rings (SSSR count). The van der Waals surface area contributed by atoms with Crippen molar-refractivity contribution < 1.29 is 4.79 Å². The van der Waals surface area contributed by atoms with Gasteiger partial charge < -0.3 is 10.2 Å². The molecule has 0 bridgehead atoms. The van der Waals surface area contributed by atoms with E-state index in [9.17, 15) is 4.79 Å². The van der Waals surface area contributed by atoms with Gasteiger partial charge in [0.15, 0.2) is 0 Å². The number of carbonyl (C=O) groups is 1. The van der Waals surface area contributed by atoms with Crippen molar-refractivity contribution in [3.05, 3.63) is 0 Å². The van der Waals surface area contributed by atoms with E-state index in [1.54, 1.807) is 0 Å². The Bertz CT molecular complexity index is 198. The Balaban J connectivity index is 2.18. The largest absolute Gasteiger partial charge is 0.343 e. The molecule has 0 aliphatic heterocycles. The van der Waals surface area contributed by atoms with Crippen LogP contribution >= 0.6 is 0 Å². The lowest BCUT2D eigenvalue weighted by Gasteiger charge is -2.26. The van der Waals surface area contributed by atoms with Gasteiger partial charge in [0.25, 0.3) is 0 Å². The molecule has 0 atom stereocenters. The predicted molar refractivity (Wildman–Crippen MR) is 62.8 cm³/mol. The Morgan fingerprint density at radius 3 is 2.47 bits per heavy atom. The third-order valence-electron chi connectivity index (χ3n) is 3.23. The van der Waals surface area contributed by atoms with Crippen molar-refractivity contribution in [2.24, 2.45) is 0 Å². The van der Waals surface area contributed by atoms with Crippen LogP contribution in [-0.4, -0.2) is 36.5 Å². The summed E-state index contributed by atoms with van der Waals surface area (Å²) in [6.07, 6.45) is 5.32. The van der Waals surface area contributed by atoms with Crippen LogP contribution in [0, 0.1) is 0 Å². The van der Waals surface area contributed by atoms with Gasteiger partial charge in [0.05, 0.1) is 0 Å². The van der Waals surface area contributed by atoms with Gasteiger partial charge >= 0.3 is 0 Å². The minimum absolute atomic E-state index is 0.275. The van der Waals surface area contributed by atoms with Crippen LogP contribution < -0.4 is 5.32 Å². The third kappa shape index (κ3) is 4.20. The molecule has 0 saturated heterocycles.